The Labute approximate surface area is 179 Å². The van der Waals surface area contributed by atoms with E-state index in [0.717, 1.165) is 62.4 Å². The van der Waals surface area contributed by atoms with Crippen LogP contribution in [0.3, 0.4) is 0 Å². The Morgan fingerprint density at radius 1 is 1.14 bits per heavy atom. The van der Waals surface area contributed by atoms with Crippen LogP contribution in [-0.2, 0) is 4.79 Å². The fourth-order valence-corrected chi connectivity index (χ4v) is 5.20. The van der Waals surface area contributed by atoms with Crippen molar-refractivity contribution < 1.29 is 9.59 Å². The molecule has 1 aromatic carbocycles. The molecule has 0 aromatic heterocycles. The molecule has 0 radical (unpaired) electrons. The number of likely N-dealkylation sites (N-methyl/N-ethyl adjacent to an activating group) is 1. The van der Waals surface area contributed by atoms with Crippen LogP contribution in [0.4, 0.5) is 0 Å². The van der Waals surface area contributed by atoms with Gasteiger partial charge in [0.05, 0.1) is 5.56 Å². The Bertz CT molecular complexity index is 688. The van der Waals surface area contributed by atoms with Crippen molar-refractivity contribution in [3.05, 3.63) is 29.8 Å². The van der Waals surface area contributed by atoms with Crippen molar-refractivity contribution in [3.8, 4) is 0 Å². The van der Waals surface area contributed by atoms with Gasteiger partial charge in [-0.05, 0) is 69.5 Å². The van der Waals surface area contributed by atoms with E-state index >= 15 is 0 Å². The van der Waals surface area contributed by atoms with Gasteiger partial charge in [-0.3, -0.25) is 14.5 Å². The van der Waals surface area contributed by atoms with Gasteiger partial charge in [-0.2, -0.15) is 0 Å². The van der Waals surface area contributed by atoms with Crippen LogP contribution in [0.2, 0.25) is 0 Å². The van der Waals surface area contributed by atoms with E-state index < -0.39 is 0 Å². The average molecular weight is 418 g/mol. The second-order valence-electron chi connectivity index (χ2n) is 8.20. The third-order valence-corrected chi connectivity index (χ3v) is 7.25. The first-order chi connectivity index (χ1) is 14.1. The van der Waals surface area contributed by atoms with E-state index in [1.165, 1.54) is 12.8 Å². The molecule has 6 heteroatoms. The number of piperidine rings is 1. The maximum atomic E-state index is 12.9. The van der Waals surface area contributed by atoms with Gasteiger partial charge in [0.2, 0.25) is 5.91 Å². The molecule has 3 rings (SSSR count). The summed E-state index contributed by atoms with van der Waals surface area (Å²) in [5.74, 6) is 0.864. The lowest BCUT2D eigenvalue weighted by molar-refractivity contribution is -0.121. The van der Waals surface area contributed by atoms with Gasteiger partial charge >= 0.3 is 0 Å². The summed E-state index contributed by atoms with van der Waals surface area (Å²) in [6.07, 6.45) is 7.97. The number of hydrogen-bond acceptors (Lipinski definition) is 4. The summed E-state index contributed by atoms with van der Waals surface area (Å²) < 4.78 is 0. The van der Waals surface area contributed by atoms with Crippen molar-refractivity contribution in [2.24, 2.45) is 5.92 Å². The second-order valence-corrected chi connectivity index (χ2v) is 9.05. The van der Waals surface area contributed by atoms with Crippen LogP contribution in [0, 0.1) is 5.92 Å². The molecule has 2 saturated heterocycles. The average Bonchev–Trinajstić information content (AvgIpc) is 3.23. The first kappa shape index (κ1) is 22.2. The first-order valence-electron chi connectivity index (χ1n) is 11.1. The van der Waals surface area contributed by atoms with Gasteiger partial charge in [0, 0.05) is 37.0 Å². The van der Waals surface area contributed by atoms with E-state index in [0.29, 0.717) is 18.4 Å². The molecule has 1 atom stereocenters. The summed E-state index contributed by atoms with van der Waals surface area (Å²) in [4.78, 5) is 30.6. The molecule has 0 aliphatic carbocycles. The molecule has 5 nitrogen and oxygen atoms in total. The largest absolute Gasteiger partial charge is 0.355 e. The number of hydrogen-bond donors (Lipinski definition) is 1. The number of amides is 2. The molecule has 0 saturated carbocycles. The van der Waals surface area contributed by atoms with E-state index in [4.69, 9.17) is 0 Å². The number of benzene rings is 1. The monoisotopic (exact) mass is 417 g/mol. The van der Waals surface area contributed by atoms with E-state index in [2.05, 4.69) is 17.1 Å². The molecule has 2 fully saturated rings. The highest BCUT2D eigenvalue weighted by Gasteiger charge is 2.26. The molecular weight excluding hydrogens is 382 g/mol. The van der Waals surface area contributed by atoms with Crippen LogP contribution >= 0.6 is 11.8 Å². The summed E-state index contributed by atoms with van der Waals surface area (Å²) in [5.41, 5.74) is 0.811. The van der Waals surface area contributed by atoms with Crippen LogP contribution in [0.25, 0.3) is 0 Å². The Balaban J connectivity index is 1.37. The Morgan fingerprint density at radius 3 is 2.62 bits per heavy atom. The van der Waals surface area contributed by atoms with Gasteiger partial charge in [0.25, 0.3) is 5.91 Å². The number of nitrogens with zero attached hydrogens (tertiary/aromatic N) is 2. The second kappa shape index (κ2) is 11.0. The van der Waals surface area contributed by atoms with Crippen LogP contribution in [-0.4, -0.2) is 66.6 Å². The van der Waals surface area contributed by atoms with Gasteiger partial charge in [-0.15, -0.1) is 11.8 Å². The molecule has 2 aliphatic rings. The predicted molar refractivity (Wildman–Crippen MR) is 119 cm³/mol. The highest BCUT2D eigenvalue weighted by atomic mass is 32.2. The molecular formula is C23H35N3O2S. The molecule has 29 heavy (non-hydrogen) atoms. The van der Waals surface area contributed by atoms with Crippen LogP contribution in [0.1, 0.15) is 55.8 Å². The van der Waals surface area contributed by atoms with Crippen molar-refractivity contribution in [1.82, 2.24) is 15.1 Å². The lowest BCUT2D eigenvalue weighted by Crippen LogP contribution is -2.40. The number of carbonyl (C=O) groups is 2. The highest BCUT2D eigenvalue weighted by Crippen LogP contribution is 2.26. The van der Waals surface area contributed by atoms with Gasteiger partial charge in [0.15, 0.2) is 0 Å². The van der Waals surface area contributed by atoms with E-state index in [1.54, 1.807) is 11.8 Å². The number of likely N-dealkylation sites (tertiary alicyclic amines) is 2. The van der Waals surface area contributed by atoms with E-state index in [1.807, 2.05) is 35.4 Å². The molecule has 0 spiro atoms. The fraction of sp³-hybridized carbons (Fsp3) is 0.652. The normalized spacial score (nSPS) is 20.8. The molecule has 160 valence electrons. The minimum absolute atomic E-state index is 0.142. The number of rotatable bonds is 8. The van der Waals surface area contributed by atoms with Gasteiger partial charge in [0.1, 0.15) is 0 Å². The van der Waals surface area contributed by atoms with Crippen molar-refractivity contribution >= 4 is 23.6 Å². The Morgan fingerprint density at radius 2 is 1.90 bits per heavy atom. The molecule has 0 bridgehead atoms. The first-order valence-corrected chi connectivity index (χ1v) is 12.3. The van der Waals surface area contributed by atoms with Crippen LogP contribution in [0.5, 0.6) is 0 Å². The van der Waals surface area contributed by atoms with Crippen molar-refractivity contribution in [2.45, 2.75) is 56.4 Å². The number of nitrogens with one attached hydrogen (secondary N) is 1. The fourth-order valence-electron chi connectivity index (χ4n) is 4.61. The third kappa shape index (κ3) is 5.98. The summed E-state index contributed by atoms with van der Waals surface area (Å²) >= 11 is 1.62. The maximum absolute atomic E-state index is 12.9. The van der Waals surface area contributed by atoms with Crippen molar-refractivity contribution in [3.63, 3.8) is 0 Å². The minimum Gasteiger partial charge on any atom is -0.355 e. The van der Waals surface area contributed by atoms with Gasteiger partial charge in [-0.25, -0.2) is 0 Å². The topological polar surface area (TPSA) is 52.7 Å². The van der Waals surface area contributed by atoms with E-state index in [-0.39, 0.29) is 11.8 Å². The van der Waals surface area contributed by atoms with Crippen molar-refractivity contribution in [2.75, 3.05) is 39.0 Å². The zero-order valence-electron chi connectivity index (χ0n) is 17.9. The molecule has 1 aromatic rings. The lowest BCUT2D eigenvalue weighted by atomic mass is 9.91. The number of thioether (sulfide) groups is 1. The molecule has 1 unspecified atom stereocenters. The summed E-state index contributed by atoms with van der Waals surface area (Å²) in [6, 6.07) is 8.36. The zero-order chi connectivity index (χ0) is 20.6. The van der Waals surface area contributed by atoms with Crippen LogP contribution in [0.15, 0.2) is 29.2 Å². The van der Waals surface area contributed by atoms with Gasteiger partial charge < -0.3 is 10.2 Å². The third-order valence-electron chi connectivity index (χ3n) is 6.46. The molecule has 2 heterocycles. The Kier molecular flexibility index (Phi) is 8.42. The number of carbonyl (C=O) groups excluding carboxylic acids is 2. The smallest absolute Gasteiger partial charge is 0.254 e. The molecule has 2 amide bonds. The quantitative estimate of drug-likeness (QED) is 0.656. The van der Waals surface area contributed by atoms with Crippen LogP contribution < -0.4 is 5.32 Å². The van der Waals surface area contributed by atoms with E-state index in [9.17, 15) is 9.59 Å². The van der Waals surface area contributed by atoms with Crippen molar-refractivity contribution in [1.29, 1.82) is 0 Å². The predicted octanol–water partition coefficient (Wildman–Crippen LogP) is 3.64. The van der Waals surface area contributed by atoms with Gasteiger partial charge in [-0.1, -0.05) is 19.1 Å². The molecule has 2 aliphatic heterocycles. The lowest BCUT2D eigenvalue weighted by Gasteiger charge is -2.32. The maximum Gasteiger partial charge on any atom is 0.254 e. The summed E-state index contributed by atoms with van der Waals surface area (Å²) in [7, 11) is 0. The summed E-state index contributed by atoms with van der Waals surface area (Å²) in [6.45, 7) is 6.79. The SMILES string of the molecule is CCN1CCCC1CNC(=O)CCC1CCN(C(=O)c2ccccc2SC)CC1. The minimum atomic E-state index is 0.142. The zero-order valence-corrected chi connectivity index (χ0v) is 18.7. The Hall–Kier alpha value is -1.53. The standard InChI is InChI=1S/C23H35N3O2S/c1-3-25-14-6-7-19(25)17-24-22(27)11-10-18-12-15-26(16-13-18)23(28)20-8-4-5-9-21(20)29-2/h4-5,8-9,18-19H,3,6-7,10-17H2,1-2H3,(H,24,27). The molecule has 1 N–H and O–H groups in total. The summed E-state index contributed by atoms with van der Waals surface area (Å²) in [5, 5.41) is 3.14. The highest BCUT2D eigenvalue weighted by molar-refractivity contribution is 7.98.